The van der Waals surface area contributed by atoms with Crippen molar-refractivity contribution in [1.29, 1.82) is 0 Å². The molecular weight excluding hydrogens is 128 g/mol. The second kappa shape index (κ2) is 3.50. The molecule has 8 heavy (non-hydrogen) atoms. The molecule has 0 aromatic rings. The highest BCUT2D eigenvalue weighted by Gasteiger charge is 1.99. The number of hydrogen-bond donors (Lipinski definition) is 0. The molecule has 0 atom stereocenters. The van der Waals surface area contributed by atoms with E-state index < -0.39 is 0 Å². The van der Waals surface area contributed by atoms with E-state index >= 15 is 0 Å². The first-order valence-corrected chi connectivity index (χ1v) is 2.20. The maximum Gasteiger partial charge on any atom is 0.162 e. The molecule has 0 saturated heterocycles. The van der Waals surface area contributed by atoms with Crippen LogP contribution in [0.2, 0.25) is 0 Å². The van der Waals surface area contributed by atoms with Crippen molar-refractivity contribution in [3.8, 4) is 0 Å². The highest BCUT2D eigenvalue weighted by molar-refractivity contribution is 5.89. The molecule has 0 aromatic heterocycles. The van der Waals surface area contributed by atoms with Crippen molar-refractivity contribution < 1.29 is 9.53 Å². The summed E-state index contributed by atoms with van der Waals surface area (Å²) in [6.45, 7) is 0.551. The first kappa shape index (κ1) is 7.50. The quantitative estimate of drug-likeness (QED) is 0.492. The van der Waals surface area contributed by atoms with Gasteiger partial charge in [-0.15, -0.1) is 12.4 Å². The van der Waals surface area contributed by atoms with Gasteiger partial charge < -0.3 is 4.74 Å². The van der Waals surface area contributed by atoms with Crippen molar-refractivity contribution >= 4 is 18.2 Å². The number of allylic oxidation sites excluding steroid dienone is 1. The van der Waals surface area contributed by atoms with Gasteiger partial charge in [0.2, 0.25) is 0 Å². The summed E-state index contributed by atoms with van der Waals surface area (Å²) in [5.41, 5.74) is 0. The van der Waals surface area contributed by atoms with Crippen molar-refractivity contribution in [3.63, 3.8) is 0 Å². The Hall–Kier alpha value is -0.500. The normalized spacial score (nSPS) is 16.8. The van der Waals surface area contributed by atoms with Crippen molar-refractivity contribution in [3.05, 3.63) is 12.3 Å². The predicted octanol–water partition coefficient (Wildman–Crippen LogP) is 0.911. The Morgan fingerprint density at radius 3 is 2.62 bits per heavy atom. The van der Waals surface area contributed by atoms with Gasteiger partial charge in [0.15, 0.2) is 5.78 Å². The first-order chi connectivity index (χ1) is 3.39. The lowest BCUT2D eigenvalue weighted by Gasteiger charge is -2.01. The van der Waals surface area contributed by atoms with Gasteiger partial charge in [-0.3, -0.25) is 4.79 Å². The maximum absolute atomic E-state index is 10.3. The van der Waals surface area contributed by atoms with Gasteiger partial charge in [-0.2, -0.15) is 0 Å². The van der Waals surface area contributed by atoms with Crippen LogP contribution in [-0.2, 0) is 9.53 Å². The zero-order chi connectivity index (χ0) is 5.11. The smallest absolute Gasteiger partial charge is 0.162 e. The van der Waals surface area contributed by atoms with E-state index in [0.717, 1.165) is 0 Å². The van der Waals surface area contributed by atoms with Crippen LogP contribution in [0.15, 0.2) is 12.3 Å². The molecule has 0 radical (unpaired) electrons. The second-order valence-corrected chi connectivity index (χ2v) is 1.39. The third-order valence-corrected chi connectivity index (χ3v) is 0.816. The Morgan fingerprint density at radius 2 is 2.38 bits per heavy atom. The molecule has 0 saturated carbocycles. The number of carbonyl (C=O) groups excluding carboxylic acids is 1. The van der Waals surface area contributed by atoms with Crippen LogP contribution >= 0.6 is 12.4 Å². The largest absolute Gasteiger partial charge is 0.501 e. The standard InChI is InChI=1S/C5H6O2.ClH/c6-5-1-3-7-4-2-5;/h1,3H,2,4H2;1H. The number of ether oxygens (including phenoxy) is 1. The summed E-state index contributed by atoms with van der Waals surface area (Å²) in [5, 5.41) is 0. The lowest BCUT2D eigenvalue weighted by molar-refractivity contribution is -0.116. The number of rotatable bonds is 0. The molecule has 1 heterocycles. The summed E-state index contributed by atoms with van der Waals surface area (Å²) in [6.07, 6.45) is 3.42. The number of ketones is 1. The summed E-state index contributed by atoms with van der Waals surface area (Å²) < 4.78 is 4.74. The van der Waals surface area contributed by atoms with Gasteiger partial charge in [0.05, 0.1) is 12.9 Å². The van der Waals surface area contributed by atoms with Gasteiger partial charge in [-0.1, -0.05) is 0 Å². The molecule has 2 nitrogen and oxygen atoms in total. The van der Waals surface area contributed by atoms with E-state index in [1.54, 1.807) is 0 Å². The molecule has 46 valence electrons. The predicted molar refractivity (Wildman–Crippen MR) is 32.0 cm³/mol. The third kappa shape index (κ3) is 1.98. The average Bonchev–Trinajstić information content (AvgIpc) is 1.69. The summed E-state index contributed by atoms with van der Waals surface area (Å²) in [5.74, 6) is 0.159. The molecule has 0 amide bonds. The van der Waals surface area contributed by atoms with Crippen LogP contribution in [-0.4, -0.2) is 12.4 Å². The molecule has 1 aliphatic rings. The molecule has 0 N–H and O–H groups in total. The van der Waals surface area contributed by atoms with Gasteiger partial charge in [0.25, 0.3) is 0 Å². The molecule has 1 rings (SSSR count). The molecule has 0 aromatic carbocycles. The Morgan fingerprint density at radius 1 is 1.62 bits per heavy atom. The van der Waals surface area contributed by atoms with E-state index in [-0.39, 0.29) is 18.2 Å². The monoisotopic (exact) mass is 134 g/mol. The zero-order valence-electron chi connectivity index (χ0n) is 4.29. The SMILES string of the molecule is Cl.O=C1C=COCC1. The van der Waals surface area contributed by atoms with E-state index in [0.29, 0.717) is 13.0 Å². The topological polar surface area (TPSA) is 26.3 Å². The zero-order valence-corrected chi connectivity index (χ0v) is 5.11. The van der Waals surface area contributed by atoms with Gasteiger partial charge in [-0.05, 0) is 0 Å². The molecule has 3 heteroatoms. The summed E-state index contributed by atoms with van der Waals surface area (Å²) in [4.78, 5) is 10.3. The fourth-order valence-electron chi connectivity index (χ4n) is 0.435. The number of carbonyl (C=O) groups is 1. The van der Waals surface area contributed by atoms with Crippen molar-refractivity contribution in [2.45, 2.75) is 6.42 Å². The van der Waals surface area contributed by atoms with Crippen LogP contribution in [0.1, 0.15) is 6.42 Å². The molecule has 0 aliphatic carbocycles. The molecule has 1 aliphatic heterocycles. The Balaban J connectivity index is 0.000000490. The Bertz CT molecular complexity index is 109. The highest BCUT2D eigenvalue weighted by Crippen LogP contribution is 1.94. The van der Waals surface area contributed by atoms with Gasteiger partial charge in [-0.25, -0.2) is 0 Å². The van der Waals surface area contributed by atoms with Gasteiger partial charge >= 0.3 is 0 Å². The van der Waals surface area contributed by atoms with E-state index in [9.17, 15) is 4.79 Å². The minimum atomic E-state index is 0. The van der Waals surface area contributed by atoms with E-state index in [1.807, 2.05) is 0 Å². The molecule has 0 spiro atoms. The van der Waals surface area contributed by atoms with Crippen molar-refractivity contribution in [2.75, 3.05) is 6.61 Å². The average molecular weight is 135 g/mol. The lowest BCUT2D eigenvalue weighted by atomic mass is 10.3. The molecule has 0 fully saturated rings. The second-order valence-electron chi connectivity index (χ2n) is 1.39. The van der Waals surface area contributed by atoms with Crippen LogP contribution in [0.4, 0.5) is 0 Å². The minimum absolute atomic E-state index is 0. The minimum Gasteiger partial charge on any atom is -0.501 e. The van der Waals surface area contributed by atoms with Gasteiger partial charge in [0, 0.05) is 12.5 Å². The third-order valence-electron chi connectivity index (χ3n) is 0.816. The van der Waals surface area contributed by atoms with Crippen LogP contribution in [0.3, 0.4) is 0 Å². The van der Waals surface area contributed by atoms with Crippen LogP contribution in [0, 0.1) is 0 Å². The van der Waals surface area contributed by atoms with Gasteiger partial charge in [0.1, 0.15) is 0 Å². The van der Waals surface area contributed by atoms with E-state index in [4.69, 9.17) is 4.74 Å². The Kier molecular flexibility index (Phi) is 3.28. The van der Waals surface area contributed by atoms with Crippen LogP contribution in [0.5, 0.6) is 0 Å². The van der Waals surface area contributed by atoms with E-state index in [2.05, 4.69) is 0 Å². The lowest BCUT2D eigenvalue weighted by Crippen LogP contribution is -2.03. The highest BCUT2D eigenvalue weighted by atomic mass is 35.5. The number of hydrogen-bond acceptors (Lipinski definition) is 2. The molecular formula is C5H7ClO2. The summed E-state index contributed by atoms with van der Waals surface area (Å²) in [7, 11) is 0. The first-order valence-electron chi connectivity index (χ1n) is 2.20. The van der Waals surface area contributed by atoms with E-state index in [1.165, 1.54) is 12.3 Å². The fraction of sp³-hybridized carbons (Fsp3) is 0.400. The summed E-state index contributed by atoms with van der Waals surface area (Å²) >= 11 is 0. The van der Waals surface area contributed by atoms with Crippen molar-refractivity contribution in [1.82, 2.24) is 0 Å². The van der Waals surface area contributed by atoms with Crippen LogP contribution < -0.4 is 0 Å². The van der Waals surface area contributed by atoms with Crippen molar-refractivity contribution in [2.24, 2.45) is 0 Å². The fourth-order valence-corrected chi connectivity index (χ4v) is 0.435. The maximum atomic E-state index is 10.3. The summed E-state index contributed by atoms with van der Waals surface area (Å²) in [6, 6.07) is 0. The van der Waals surface area contributed by atoms with Crippen LogP contribution in [0.25, 0.3) is 0 Å². The Labute approximate surface area is 53.9 Å². The molecule has 0 unspecified atom stereocenters. The number of halogens is 1. The molecule has 0 bridgehead atoms.